The molecule has 2 aliphatic rings. The number of hydrogen-bond acceptors (Lipinski definition) is 6. The fourth-order valence-electron chi connectivity index (χ4n) is 2.75. The topological polar surface area (TPSA) is 66.4 Å². The fourth-order valence-corrected chi connectivity index (χ4v) is 2.75. The van der Waals surface area contributed by atoms with Crippen LogP contribution < -0.4 is 4.74 Å². The van der Waals surface area contributed by atoms with E-state index in [1.807, 2.05) is 6.07 Å². The lowest BCUT2D eigenvalue weighted by Crippen LogP contribution is -2.49. The average Bonchev–Trinajstić information content (AvgIpc) is 2.49. The highest BCUT2D eigenvalue weighted by molar-refractivity contribution is 5.43. The Morgan fingerprint density at radius 3 is 2.55 bits per heavy atom. The van der Waals surface area contributed by atoms with Gasteiger partial charge in [0.2, 0.25) is 0 Å². The molecule has 1 aromatic rings. The zero-order valence-corrected chi connectivity index (χ0v) is 11.3. The largest absolute Gasteiger partial charge is 0.504 e. The molecule has 0 aliphatic carbocycles. The number of rotatable bonds is 2. The van der Waals surface area contributed by atoms with E-state index < -0.39 is 0 Å². The van der Waals surface area contributed by atoms with Crippen molar-refractivity contribution in [2.24, 2.45) is 5.41 Å². The van der Waals surface area contributed by atoms with Gasteiger partial charge in [-0.05, 0) is 17.7 Å². The maximum atomic E-state index is 9.70. The van der Waals surface area contributed by atoms with Gasteiger partial charge in [0.25, 0.3) is 0 Å². The predicted octanol–water partition coefficient (Wildman–Crippen LogP) is 1.44. The third-order valence-corrected chi connectivity index (χ3v) is 3.72. The Morgan fingerprint density at radius 1 is 1.15 bits per heavy atom. The second-order valence-electron chi connectivity index (χ2n) is 5.12. The van der Waals surface area contributed by atoms with E-state index in [0.717, 1.165) is 5.56 Å². The predicted molar refractivity (Wildman–Crippen MR) is 68.5 cm³/mol. The van der Waals surface area contributed by atoms with E-state index in [2.05, 4.69) is 0 Å². The van der Waals surface area contributed by atoms with Crippen molar-refractivity contribution in [3.8, 4) is 11.5 Å². The van der Waals surface area contributed by atoms with Gasteiger partial charge >= 0.3 is 0 Å². The summed E-state index contributed by atoms with van der Waals surface area (Å²) in [7, 11) is 1.52. The molecule has 20 heavy (non-hydrogen) atoms. The van der Waals surface area contributed by atoms with Crippen molar-refractivity contribution in [2.75, 3.05) is 40.5 Å². The lowest BCUT2D eigenvalue weighted by atomic mass is 9.79. The number of benzene rings is 1. The van der Waals surface area contributed by atoms with Gasteiger partial charge in [-0.2, -0.15) is 0 Å². The van der Waals surface area contributed by atoms with Crippen LogP contribution in [0.2, 0.25) is 0 Å². The molecule has 1 spiro atoms. The van der Waals surface area contributed by atoms with E-state index in [0.29, 0.717) is 32.4 Å². The Hall–Kier alpha value is -1.34. The van der Waals surface area contributed by atoms with Gasteiger partial charge in [-0.15, -0.1) is 0 Å². The Balaban J connectivity index is 1.93. The smallest absolute Gasteiger partial charge is 0.160 e. The first-order chi connectivity index (χ1) is 9.75. The molecule has 2 fully saturated rings. The van der Waals surface area contributed by atoms with E-state index in [1.54, 1.807) is 12.1 Å². The molecule has 3 rings (SSSR count). The fraction of sp³-hybridized carbons (Fsp3) is 0.571. The summed E-state index contributed by atoms with van der Waals surface area (Å²) < 4.78 is 27.2. The molecule has 0 bridgehead atoms. The van der Waals surface area contributed by atoms with Crippen LogP contribution in [0, 0.1) is 5.41 Å². The summed E-state index contributed by atoms with van der Waals surface area (Å²) in [5, 5.41) is 9.70. The second kappa shape index (κ2) is 5.57. The van der Waals surface area contributed by atoms with Crippen LogP contribution in [0.25, 0.3) is 0 Å². The first kappa shape index (κ1) is 13.6. The second-order valence-corrected chi connectivity index (χ2v) is 5.12. The standard InChI is InChI=1S/C14H18O6/c1-16-12-4-10(2-3-11(12)15)13-14(7-19-9-20-13)5-17-8-18-6-14/h2-4,13,15H,5-9H2,1H3. The van der Waals surface area contributed by atoms with Crippen molar-refractivity contribution in [1.82, 2.24) is 0 Å². The van der Waals surface area contributed by atoms with Crippen LogP contribution in [-0.4, -0.2) is 45.6 Å². The molecule has 0 aromatic heterocycles. The van der Waals surface area contributed by atoms with Crippen molar-refractivity contribution in [1.29, 1.82) is 0 Å². The monoisotopic (exact) mass is 282 g/mol. The molecule has 1 N–H and O–H groups in total. The third kappa shape index (κ3) is 2.35. The lowest BCUT2D eigenvalue weighted by Gasteiger charge is -2.45. The van der Waals surface area contributed by atoms with Gasteiger partial charge in [-0.3, -0.25) is 0 Å². The molecule has 110 valence electrons. The van der Waals surface area contributed by atoms with Crippen molar-refractivity contribution in [3.63, 3.8) is 0 Å². The number of methoxy groups -OCH3 is 1. The third-order valence-electron chi connectivity index (χ3n) is 3.72. The summed E-state index contributed by atoms with van der Waals surface area (Å²) in [6.45, 7) is 2.07. The first-order valence-corrected chi connectivity index (χ1v) is 6.47. The van der Waals surface area contributed by atoms with Crippen molar-refractivity contribution in [3.05, 3.63) is 23.8 Å². The van der Waals surface area contributed by atoms with Gasteiger partial charge in [0.1, 0.15) is 13.6 Å². The van der Waals surface area contributed by atoms with Gasteiger partial charge in [0.15, 0.2) is 11.5 Å². The number of hydrogen-bond donors (Lipinski definition) is 1. The quantitative estimate of drug-likeness (QED) is 0.885. The van der Waals surface area contributed by atoms with Crippen LogP contribution >= 0.6 is 0 Å². The molecule has 1 unspecified atom stereocenters. The summed E-state index contributed by atoms with van der Waals surface area (Å²) in [6, 6.07) is 5.21. The molecular formula is C14H18O6. The molecule has 1 aromatic carbocycles. The summed E-state index contributed by atoms with van der Waals surface area (Å²) in [4.78, 5) is 0. The lowest BCUT2D eigenvalue weighted by molar-refractivity contribution is -0.279. The Bertz CT molecular complexity index is 460. The van der Waals surface area contributed by atoms with E-state index in [-0.39, 0.29) is 24.1 Å². The van der Waals surface area contributed by atoms with Crippen molar-refractivity contribution >= 4 is 0 Å². The molecule has 0 radical (unpaired) electrons. The normalized spacial score (nSPS) is 25.6. The molecule has 2 aliphatic heterocycles. The Kier molecular flexibility index (Phi) is 3.80. The van der Waals surface area contributed by atoms with Crippen LogP contribution in [0.1, 0.15) is 11.7 Å². The minimum atomic E-state index is -0.363. The molecular weight excluding hydrogens is 264 g/mol. The number of aromatic hydroxyl groups is 1. The van der Waals surface area contributed by atoms with E-state index in [4.69, 9.17) is 23.7 Å². The van der Waals surface area contributed by atoms with E-state index in [9.17, 15) is 5.11 Å². The van der Waals surface area contributed by atoms with Crippen molar-refractivity contribution < 1.29 is 28.8 Å². The van der Waals surface area contributed by atoms with Gasteiger partial charge in [0, 0.05) is 0 Å². The van der Waals surface area contributed by atoms with Crippen LogP contribution in [0.15, 0.2) is 18.2 Å². The maximum Gasteiger partial charge on any atom is 0.160 e. The van der Waals surface area contributed by atoms with Gasteiger partial charge in [-0.25, -0.2) is 0 Å². The molecule has 0 amide bonds. The van der Waals surface area contributed by atoms with Gasteiger partial charge in [0.05, 0.1) is 38.4 Å². The summed E-state index contributed by atoms with van der Waals surface area (Å²) in [6.07, 6.45) is -0.217. The average molecular weight is 282 g/mol. The molecule has 6 nitrogen and oxygen atoms in total. The highest BCUT2D eigenvalue weighted by Gasteiger charge is 2.46. The van der Waals surface area contributed by atoms with E-state index >= 15 is 0 Å². The van der Waals surface area contributed by atoms with Crippen LogP contribution in [0.3, 0.4) is 0 Å². The zero-order chi connectivity index (χ0) is 14.0. The number of phenols is 1. The zero-order valence-electron chi connectivity index (χ0n) is 11.3. The highest BCUT2D eigenvalue weighted by Crippen LogP contribution is 2.44. The first-order valence-electron chi connectivity index (χ1n) is 6.47. The van der Waals surface area contributed by atoms with Crippen LogP contribution in [-0.2, 0) is 18.9 Å². The molecule has 6 heteroatoms. The minimum Gasteiger partial charge on any atom is -0.504 e. The van der Waals surface area contributed by atoms with Gasteiger partial charge < -0.3 is 28.8 Å². The summed E-state index contributed by atoms with van der Waals surface area (Å²) in [5.41, 5.74) is 0.551. The number of ether oxygens (including phenoxy) is 5. The SMILES string of the molecule is COc1cc(C2OCOCC23COCOC3)ccc1O. The highest BCUT2D eigenvalue weighted by atomic mass is 16.7. The van der Waals surface area contributed by atoms with Crippen molar-refractivity contribution in [2.45, 2.75) is 6.10 Å². The summed E-state index contributed by atoms with van der Waals surface area (Å²) in [5.74, 6) is 0.527. The Labute approximate surface area is 117 Å². The van der Waals surface area contributed by atoms with Crippen LogP contribution in [0.5, 0.6) is 11.5 Å². The van der Waals surface area contributed by atoms with Crippen LogP contribution in [0.4, 0.5) is 0 Å². The van der Waals surface area contributed by atoms with Gasteiger partial charge in [-0.1, -0.05) is 6.07 Å². The molecule has 1 atom stereocenters. The minimum absolute atomic E-state index is 0.105. The molecule has 2 heterocycles. The maximum absolute atomic E-state index is 9.70. The molecule has 2 saturated heterocycles. The number of phenolic OH excluding ortho intramolecular Hbond substituents is 1. The summed E-state index contributed by atoms with van der Waals surface area (Å²) >= 11 is 0. The molecule has 0 saturated carbocycles. The van der Waals surface area contributed by atoms with E-state index in [1.165, 1.54) is 7.11 Å². The Morgan fingerprint density at radius 2 is 1.85 bits per heavy atom.